The second kappa shape index (κ2) is 4.40. The molecular weight excluding hydrogens is 212 g/mol. The normalized spacial score (nSPS) is 11.7. The predicted octanol–water partition coefficient (Wildman–Crippen LogP) is 3.75. The highest BCUT2D eigenvalue weighted by molar-refractivity contribution is 5.81. The second-order valence-corrected chi connectivity index (χ2v) is 5.01. The van der Waals surface area contributed by atoms with Crippen LogP contribution in [0.25, 0.3) is 10.9 Å². The van der Waals surface area contributed by atoms with Crippen molar-refractivity contribution < 1.29 is 4.74 Å². The number of hydrogen-bond donors (Lipinski definition) is 0. The molecular formula is C14H20N2O. The van der Waals surface area contributed by atoms with Gasteiger partial charge in [0.2, 0.25) is 0 Å². The molecule has 0 aliphatic carbocycles. The zero-order valence-corrected chi connectivity index (χ0v) is 11.2. The van der Waals surface area contributed by atoms with Gasteiger partial charge < -0.3 is 4.74 Å². The van der Waals surface area contributed by atoms with E-state index in [1.807, 2.05) is 10.7 Å². The first kappa shape index (κ1) is 12.0. The third-order valence-corrected chi connectivity index (χ3v) is 3.02. The van der Waals surface area contributed by atoms with E-state index in [4.69, 9.17) is 4.74 Å². The summed E-state index contributed by atoms with van der Waals surface area (Å²) in [6.45, 7) is 8.62. The van der Waals surface area contributed by atoms with Crippen molar-refractivity contribution in [2.24, 2.45) is 0 Å². The van der Waals surface area contributed by atoms with E-state index < -0.39 is 0 Å². The third kappa shape index (κ3) is 2.14. The fourth-order valence-corrected chi connectivity index (χ4v) is 1.98. The van der Waals surface area contributed by atoms with Crippen molar-refractivity contribution in [1.29, 1.82) is 0 Å². The highest BCUT2D eigenvalue weighted by atomic mass is 16.5. The average Bonchev–Trinajstić information content (AvgIpc) is 2.69. The number of benzene rings is 1. The van der Waals surface area contributed by atoms with Crippen LogP contribution in [0.5, 0.6) is 5.75 Å². The van der Waals surface area contributed by atoms with Gasteiger partial charge in [-0.25, -0.2) is 0 Å². The summed E-state index contributed by atoms with van der Waals surface area (Å²) in [5, 5.41) is 5.74. The maximum atomic E-state index is 5.44. The van der Waals surface area contributed by atoms with E-state index in [1.165, 1.54) is 10.9 Å². The van der Waals surface area contributed by atoms with E-state index in [0.29, 0.717) is 12.0 Å². The van der Waals surface area contributed by atoms with Gasteiger partial charge in [-0.3, -0.25) is 4.68 Å². The van der Waals surface area contributed by atoms with Gasteiger partial charge in [-0.05, 0) is 31.4 Å². The molecule has 0 N–H and O–H groups in total. The van der Waals surface area contributed by atoms with Crippen LogP contribution < -0.4 is 4.74 Å². The zero-order valence-electron chi connectivity index (χ0n) is 11.2. The lowest BCUT2D eigenvalue weighted by atomic mass is 10.0. The number of fused-ring (bicyclic) bond motifs is 1. The number of methoxy groups -OCH3 is 1. The van der Waals surface area contributed by atoms with E-state index in [0.717, 1.165) is 11.3 Å². The molecule has 0 saturated carbocycles. The Balaban J connectivity index is 2.61. The third-order valence-electron chi connectivity index (χ3n) is 3.02. The van der Waals surface area contributed by atoms with Gasteiger partial charge in [-0.2, -0.15) is 5.10 Å². The Morgan fingerprint density at radius 1 is 1.18 bits per heavy atom. The number of hydrogen-bond acceptors (Lipinski definition) is 2. The molecule has 2 aromatic rings. The maximum absolute atomic E-state index is 5.44. The van der Waals surface area contributed by atoms with E-state index in [1.54, 1.807) is 7.11 Å². The summed E-state index contributed by atoms with van der Waals surface area (Å²) >= 11 is 0. The van der Waals surface area contributed by atoms with Crippen molar-refractivity contribution in [3.8, 4) is 5.75 Å². The van der Waals surface area contributed by atoms with Crippen LogP contribution in [-0.2, 0) is 0 Å². The molecule has 0 amide bonds. The quantitative estimate of drug-likeness (QED) is 0.805. The Morgan fingerprint density at radius 2 is 1.88 bits per heavy atom. The number of aromatic nitrogens is 2. The van der Waals surface area contributed by atoms with Gasteiger partial charge in [0.05, 0.1) is 12.6 Å². The average molecular weight is 232 g/mol. The molecule has 0 saturated heterocycles. The van der Waals surface area contributed by atoms with Gasteiger partial charge >= 0.3 is 0 Å². The Kier molecular flexibility index (Phi) is 3.09. The van der Waals surface area contributed by atoms with Crippen molar-refractivity contribution >= 4 is 10.9 Å². The number of rotatable bonds is 3. The summed E-state index contributed by atoms with van der Waals surface area (Å²) in [7, 11) is 1.71. The SMILES string of the molecule is COc1cc2nn(C(C)C)cc2cc1C(C)C. The van der Waals surface area contributed by atoms with Crippen LogP contribution >= 0.6 is 0 Å². The first-order valence-corrected chi connectivity index (χ1v) is 6.09. The summed E-state index contributed by atoms with van der Waals surface area (Å²) in [5.74, 6) is 1.39. The van der Waals surface area contributed by atoms with Crippen molar-refractivity contribution in [2.75, 3.05) is 7.11 Å². The lowest BCUT2D eigenvalue weighted by Crippen LogP contribution is -1.99. The van der Waals surface area contributed by atoms with Crippen molar-refractivity contribution in [1.82, 2.24) is 9.78 Å². The molecule has 1 aromatic carbocycles. The maximum Gasteiger partial charge on any atom is 0.124 e. The van der Waals surface area contributed by atoms with Crippen LogP contribution in [0.2, 0.25) is 0 Å². The van der Waals surface area contributed by atoms with E-state index in [-0.39, 0.29) is 0 Å². The van der Waals surface area contributed by atoms with Gasteiger partial charge in [0.1, 0.15) is 5.75 Å². The highest BCUT2D eigenvalue weighted by Crippen LogP contribution is 2.31. The molecule has 2 rings (SSSR count). The molecule has 17 heavy (non-hydrogen) atoms. The van der Waals surface area contributed by atoms with Crippen LogP contribution in [0.15, 0.2) is 18.3 Å². The molecule has 0 aliphatic heterocycles. The summed E-state index contributed by atoms with van der Waals surface area (Å²) in [6.07, 6.45) is 2.10. The van der Waals surface area contributed by atoms with Crippen LogP contribution in [0.4, 0.5) is 0 Å². The smallest absolute Gasteiger partial charge is 0.124 e. The molecule has 92 valence electrons. The molecule has 0 aliphatic rings. The molecule has 0 bridgehead atoms. The lowest BCUT2D eigenvalue weighted by Gasteiger charge is -2.11. The predicted molar refractivity (Wildman–Crippen MR) is 70.8 cm³/mol. The molecule has 0 fully saturated rings. The van der Waals surface area contributed by atoms with Gasteiger partial charge in [0, 0.05) is 23.7 Å². The van der Waals surface area contributed by atoms with E-state index in [9.17, 15) is 0 Å². The Labute approximate surface area is 102 Å². The fraction of sp³-hybridized carbons (Fsp3) is 0.500. The summed E-state index contributed by atoms with van der Waals surface area (Å²) in [4.78, 5) is 0. The molecule has 3 nitrogen and oxygen atoms in total. The van der Waals surface area contributed by atoms with Gasteiger partial charge in [0.25, 0.3) is 0 Å². The van der Waals surface area contributed by atoms with E-state index >= 15 is 0 Å². The molecule has 0 atom stereocenters. The van der Waals surface area contributed by atoms with Gasteiger partial charge in [-0.1, -0.05) is 13.8 Å². The molecule has 3 heteroatoms. The Morgan fingerprint density at radius 3 is 2.41 bits per heavy atom. The first-order valence-electron chi connectivity index (χ1n) is 6.09. The summed E-state index contributed by atoms with van der Waals surface area (Å²) < 4.78 is 7.43. The molecule has 0 unspecified atom stereocenters. The van der Waals surface area contributed by atoms with Crippen molar-refractivity contribution in [3.05, 3.63) is 23.9 Å². The first-order chi connectivity index (χ1) is 8.02. The minimum Gasteiger partial charge on any atom is -0.496 e. The fourth-order valence-electron chi connectivity index (χ4n) is 1.98. The van der Waals surface area contributed by atoms with Crippen LogP contribution in [0.3, 0.4) is 0 Å². The monoisotopic (exact) mass is 232 g/mol. The summed E-state index contributed by atoms with van der Waals surface area (Å²) in [5.41, 5.74) is 2.24. The van der Waals surface area contributed by atoms with Crippen LogP contribution in [-0.4, -0.2) is 16.9 Å². The number of ether oxygens (including phenoxy) is 1. The minimum absolute atomic E-state index is 0.385. The Hall–Kier alpha value is -1.51. The molecule has 0 spiro atoms. The topological polar surface area (TPSA) is 27.1 Å². The Bertz CT molecular complexity index is 526. The largest absolute Gasteiger partial charge is 0.496 e. The van der Waals surface area contributed by atoms with Crippen molar-refractivity contribution in [2.45, 2.75) is 39.7 Å². The summed E-state index contributed by atoms with van der Waals surface area (Å²) in [6, 6.07) is 4.60. The van der Waals surface area contributed by atoms with E-state index in [2.05, 4.69) is 45.1 Å². The molecule has 1 aromatic heterocycles. The van der Waals surface area contributed by atoms with Crippen LogP contribution in [0, 0.1) is 0 Å². The molecule has 1 heterocycles. The van der Waals surface area contributed by atoms with Crippen LogP contribution in [0.1, 0.15) is 45.2 Å². The zero-order chi connectivity index (χ0) is 12.6. The van der Waals surface area contributed by atoms with Gasteiger partial charge in [0.15, 0.2) is 0 Å². The minimum atomic E-state index is 0.385. The second-order valence-electron chi connectivity index (χ2n) is 5.01. The van der Waals surface area contributed by atoms with Crippen molar-refractivity contribution in [3.63, 3.8) is 0 Å². The lowest BCUT2D eigenvalue weighted by molar-refractivity contribution is 0.408. The van der Waals surface area contributed by atoms with Gasteiger partial charge in [-0.15, -0.1) is 0 Å². The molecule has 0 radical (unpaired) electrons. The standard InChI is InChI=1S/C14H20N2O/c1-9(2)12-6-11-8-16(10(3)4)15-13(11)7-14(12)17-5/h6-10H,1-5H3. The number of nitrogens with zero attached hydrogens (tertiary/aromatic N) is 2. The highest BCUT2D eigenvalue weighted by Gasteiger charge is 2.12.